The summed E-state index contributed by atoms with van der Waals surface area (Å²) < 4.78 is 0. The summed E-state index contributed by atoms with van der Waals surface area (Å²) in [6, 6.07) is 7.55. The first-order valence-corrected chi connectivity index (χ1v) is 7.35. The summed E-state index contributed by atoms with van der Waals surface area (Å²) in [6.07, 6.45) is 0. The van der Waals surface area contributed by atoms with Crippen molar-refractivity contribution >= 4 is 17.4 Å². The van der Waals surface area contributed by atoms with Gasteiger partial charge < -0.3 is 15.1 Å². The third-order valence-corrected chi connectivity index (χ3v) is 4.07. The summed E-state index contributed by atoms with van der Waals surface area (Å²) in [6.45, 7) is 6.65. The number of ketones is 1. The van der Waals surface area contributed by atoms with E-state index in [4.69, 9.17) is 0 Å². The molecule has 1 saturated heterocycles. The Kier molecular flexibility index (Phi) is 4.96. The molecule has 0 radical (unpaired) electrons. The number of rotatable bonds is 4. The molecule has 1 aromatic carbocycles. The second-order valence-corrected chi connectivity index (χ2v) is 5.41. The van der Waals surface area contributed by atoms with Gasteiger partial charge in [-0.15, -0.1) is 0 Å². The van der Waals surface area contributed by atoms with Crippen LogP contribution in [0, 0.1) is 0 Å². The SMILES string of the molecule is CNC(C)C(=O)c1ccc(N2CCN(C(C)=O)CC2)cc1. The lowest BCUT2D eigenvalue weighted by Gasteiger charge is -2.35. The van der Waals surface area contributed by atoms with Crippen LogP contribution in [0.5, 0.6) is 0 Å². The molecule has 114 valence electrons. The zero-order valence-electron chi connectivity index (χ0n) is 12.9. The van der Waals surface area contributed by atoms with Crippen LogP contribution in [-0.4, -0.2) is 55.9 Å². The van der Waals surface area contributed by atoms with E-state index in [1.54, 1.807) is 14.0 Å². The first-order chi connectivity index (χ1) is 10.0. The van der Waals surface area contributed by atoms with Crippen LogP contribution in [0.1, 0.15) is 24.2 Å². The predicted octanol–water partition coefficient (Wildman–Crippen LogP) is 1.15. The van der Waals surface area contributed by atoms with Crippen molar-refractivity contribution in [2.45, 2.75) is 19.9 Å². The van der Waals surface area contributed by atoms with Gasteiger partial charge in [-0.2, -0.15) is 0 Å². The highest BCUT2D eigenvalue weighted by Gasteiger charge is 2.19. The van der Waals surface area contributed by atoms with E-state index in [1.807, 2.05) is 36.1 Å². The van der Waals surface area contributed by atoms with Crippen molar-refractivity contribution in [3.8, 4) is 0 Å². The van der Waals surface area contributed by atoms with Gasteiger partial charge in [0, 0.05) is 44.4 Å². The number of carbonyl (C=O) groups is 2. The maximum absolute atomic E-state index is 12.1. The van der Waals surface area contributed by atoms with Crippen molar-refractivity contribution in [3.63, 3.8) is 0 Å². The maximum Gasteiger partial charge on any atom is 0.219 e. The molecule has 0 spiro atoms. The fourth-order valence-corrected chi connectivity index (χ4v) is 2.50. The first kappa shape index (κ1) is 15.5. The monoisotopic (exact) mass is 289 g/mol. The standard InChI is InChI=1S/C16H23N3O2/c1-12(17-3)16(21)14-4-6-15(7-5-14)19-10-8-18(9-11-19)13(2)20/h4-7,12,17H,8-11H2,1-3H3. The lowest BCUT2D eigenvalue weighted by atomic mass is 10.0. The minimum absolute atomic E-state index is 0.102. The van der Waals surface area contributed by atoms with Crippen LogP contribution in [0.2, 0.25) is 0 Å². The summed E-state index contributed by atoms with van der Waals surface area (Å²) in [5, 5.41) is 2.96. The molecule has 1 fully saturated rings. The Morgan fingerprint density at radius 1 is 1.10 bits per heavy atom. The average molecular weight is 289 g/mol. The van der Waals surface area contributed by atoms with Gasteiger partial charge in [0.15, 0.2) is 5.78 Å². The highest BCUT2D eigenvalue weighted by molar-refractivity contribution is 6.00. The molecule has 0 aliphatic carbocycles. The van der Waals surface area contributed by atoms with Gasteiger partial charge in [0.2, 0.25) is 5.91 Å². The Hall–Kier alpha value is -1.88. The van der Waals surface area contributed by atoms with Crippen molar-refractivity contribution < 1.29 is 9.59 Å². The number of nitrogens with one attached hydrogen (secondary N) is 1. The van der Waals surface area contributed by atoms with Gasteiger partial charge in [0.25, 0.3) is 0 Å². The minimum Gasteiger partial charge on any atom is -0.368 e. The van der Waals surface area contributed by atoms with Gasteiger partial charge >= 0.3 is 0 Å². The Labute approximate surface area is 125 Å². The van der Waals surface area contributed by atoms with Gasteiger partial charge in [-0.3, -0.25) is 9.59 Å². The molecule has 1 unspecified atom stereocenters. The predicted molar refractivity (Wildman–Crippen MR) is 83.8 cm³/mol. The molecule has 2 rings (SSSR count). The lowest BCUT2D eigenvalue weighted by Crippen LogP contribution is -2.48. The third-order valence-electron chi connectivity index (χ3n) is 4.07. The van der Waals surface area contributed by atoms with E-state index >= 15 is 0 Å². The smallest absolute Gasteiger partial charge is 0.219 e. The molecule has 0 saturated carbocycles. The Morgan fingerprint density at radius 3 is 2.14 bits per heavy atom. The van der Waals surface area contributed by atoms with E-state index in [0.29, 0.717) is 0 Å². The van der Waals surface area contributed by atoms with E-state index in [0.717, 1.165) is 37.4 Å². The van der Waals surface area contributed by atoms with Crippen LogP contribution in [0.15, 0.2) is 24.3 Å². The van der Waals surface area contributed by atoms with Crippen molar-refractivity contribution in [1.82, 2.24) is 10.2 Å². The minimum atomic E-state index is -0.171. The van der Waals surface area contributed by atoms with Gasteiger partial charge in [0.1, 0.15) is 0 Å². The summed E-state index contributed by atoms with van der Waals surface area (Å²) in [5.74, 6) is 0.238. The number of anilines is 1. The molecule has 1 aliphatic rings. The number of amides is 1. The zero-order valence-corrected chi connectivity index (χ0v) is 12.9. The number of Topliss-reactive ketones (excluding diaryl/α,β-unsaturated/α-hetero) is 1. The summed E-state index contributed by atoms with van der Waals surface area (Å²) >= 11 is 0. The second kappa shape index (κ2) is 6.72. The number of piperazine rings is 1. The molecule has 1 heterocycles. The highest BCUT2D eigenvalue weighted by Crippen LogP contribution is 2.18. The average Bonchev–Trinajstić information content (AvgIpc) is 2.53. The molecule has 1 aliphatic heterocycles. The molecule has 1 amide bonds. The number of carbonyl (C=O) groups excluding carboxylic acids is 2. The topological polar surface area (TPSA) is 52.7 Å². The number of hydrogen-bond acceptors (Lipinski definition) is 4. The first-order valence-electron chi connectivity index (χ1n) is 7.35. The van der Waals surface area contributed by atoms with Crippen LogP contribution in [0.4, 0.5) is 5.69 Å². The zero-order chi connectivity index (χ0) is 15.4. The quantitative estimate of drug-likeness (QED) is 0.845. The normalized spacial score (nSPS) is 16.7. The van der Waals surface area contributed by atoms with Crippen LogP contribution in [0.25, 0.3) is 0 Å². The molecule has 1 atom stereocenters. The van der Waals surface area contributed by atoms with Crippen LogP contribution in [-0.2, 0) is 4.79 Å². The van der Waals surface area contributed by atoms with E-state index < -0.39 is 0 Å². The fraction of sp³-hybridized carbons (Fsp3) is 0.500. The number of nitrogens with zero attached hydrogens (tertiary/aromatic N) is 2. The lowest BCUT2D eigenvalue weighted by molar-refractivity contribution is -0.129. The summed E-state index contributed by atoms with van der Waals surface area (Å²) in [7, 11) is 1.78. The van der Waals surface area contributed by atoms with Gasteiger partial charge in [0.05, 0.1) is 6.04 Å². The van der Waals surface area contributed by atoms with Crippen molar-refractivity contribution in [2.24, 2.45) is 0 Å². The van der Waals surface area contributed by atoms with Gasteiger partial charge in [-0.1, -0.05) is 0 Å². The Morgan fingerprint density at radius 2 is 1.67 bits per heavy atom. The maximum atomic E-state index is 12.1. The van der Waals surface area contributed by atoms with Crippen LogP contribution < -0.4 is 10.2 Å². The molecule has 5 nitrogen and oxygen atoms in total. The fourth-order valence-electron chi connectivity index (χ4n) is 2.50. The highest BCUT2D eigenvalue weighted by atomic mass is 16.2. The molecule has 21 heavy (non-hydrogen) atoms. The molecule has 5 heteroatoms. The Balaban J connectivity index is 2.00. The number of hydrogen-bond donors (Lipinski definition) is 1. The van der Waals surface area contributed by atoms with Crippen LogP contribution >= 0.6 is 0 Å². The van der Waals surface area contributed by atoms with Gasteiger partial charge in [-0.25, -0.2) is 0 Å². The summed E-state index contributed by atoms with van der Waals surface area (Å²) in [5.41, 5.74) is 1.83. The number of likely N-dealkylation sites (N-methyl/N-ethyl adjacent to an activating group) is 1. The second-order valence-electron chi connectivity index (χ2n) is 5.41. The molecule has 1 N–H and O–H groups in total. The van der Waals surface area contributed by atoms with Crippen LogP contribution in [0.3, 0.4) is 0 Å². The summed E-state index contributed by atoms with van der Waals surface area (Å²) in [4.78, 5) is 27.5. The molecule has 0 aromatic heterocycles. The van der Waals surface area contributed by atoms with Gasteiger partial charge in [-0.05, 0) is 38.2 Å². The number of benzene rings is 1. The van der Waals surface area contributed by atoms with E-state index in [-0.39, 0.29) is 17.7 Å². The van der Waals surface area contributed by atoms with E-state index in [9.17, 15) is 9.59 Å². The van der Waals surface area contributed by atoms with E-state index in [1.165, 1.54) is 0 Å². The van der Waals surface area contributed by atoms with Crippen molar-refractivity contribution in [3.05, 3.63) is 29.8 Å². The molecule has 1 aromatic rings. The molecular weight excluding hydrogens is 266 g/mol. The molecule has 0 bridgehead atoms. The van der Waals surface area contributed by atoms with E-state index in [2.05, 4.69) is 10.2 Å². The molecular formula is C16H23N3O2. The van der Waals surface area contributed by atoms with Crippen molar-refractivity contribution in [2.75, 3.05) is 38.1 Å². The van der Waals surface area contributed by atoms with Crippen molar-refractivity contribution in [1.29, 1.82) is 0 Å². The largest absolute Gasteiger partial charge is 0.368 e. The Bertz CT molecular complexity index is 505. The third kappa shape index (κ3) is 3.61.